The Bertz CT molecular complexity index is 534. The summed E-state index contributed by atoms with van der Waals surface area (Å²) in [5, 5.41) is 5.62. The first-order valence-corrected chi connectivity index (χ1v) is 7.09. The van der Waals surface area contributed by atoms with E-state index in [1.54, 1.807) is 6.92 Å². The van der Waals surface area contributed by atoms with Gasteiger partial charge in [0.05, 0.1) is 4.90 Å². The third-order valence-electron chi connectivity index (χ3n) is 3.31. The van der Waals surface area contributed by atoms with Gasteiger partial charge in [-0.15, -0.1) is 0 Å². The average molecular weight is 276 g/mol. The molecule has 18 heavy (non-hydrogen) atoms. The van der Waals surface area contributed by atoms with Crippen LogP contribution in [0.2, 0.25) is 0 Å². The van der Waals surface area contributed by atoms with Gasteiger partial charge < -0.3 is 5.11 Å². The lowest BCUT2D eigenvalue weighted by atomic mass is 9.72. The molecule has 100 valence electrons. The van der Waals surface area contributed by atoms with E-state index in [1.807, 2.05) is 0 Å². The molecule has 0 aromatic heterocycles. The molecule has 0 spiro atoms. The highest BCUT2D eigenvalue weighted by Crippen LogP contribution is 2.51. The first-order valence-electron chi connectivity index (χ1n) is 5.60. The van der Waals surface area contributed by atoms with E-state index < -0.39 is 25.6 Å². The Kier molecular flexibility index (Phi) is 2.98. The van der Waals surface area contributed by atoms with Gasteiger partial charge in [-0.3, -0.25) is 0 Å². The first kappa shape index (κ1) is 13.4. The topological polar surface area (TPSA) is 54.4 Å². The summed E-state index contributed by atoms with van der Waals surface area (Å²) < 4.78 is 51.9. The number of halogens is 2. The molecule has 0 aliphatic heterocycles. The van der Waals surface area contributed by atoms with Crippen LogP contribution in [0.4, 0.5) is 8.78 Å². The van der Waals surface area contributed by atoms with E-state index in [2.05, 4.69) is 0 Å². The smallest absolute Gasteiger partial charge is 0.377 e. The summed E-state index contributed by atoms with van der Waals surface area (Å²) >= 11 is 0. The summed E-state index contributed by atoms with van der Waals surface area (Å²) in [4.78, 5) is -0.469. The highest BCUT2D eigenvalue weighted by Gasteiger charge is 2.66. The molecule has 0 unspecified atom stereocenters. The summed E-state index contributed by atoms with van der Waals surface area (Å²) in [5.74, 6) is -0.0909. The lowest BCUT2D eigenvalue weighted by Gasteiger charge is -2.45. The van der Waals surface area contributed by atoms with Crippen molar-refractivity contribution in [2.45, 2.75) is 35.5 Å². The van der Waals surface area contributed by atoms with Gasteiger partial charge >= 0.3 is 5.25 Å². The molecule has 0 amide bonds. The molecule has 1 fully saturated rings. The maximum Gasteiger partial charge on any atom is 0.377 e. The van der Waals surface area contributed by atoms with Gasteiger partial charge in [0.15, 0.2) is 0 Å². The van der Waals surface area contributed by atoms with E-state index in [0.29, 0.717) is 0 Å². The van der Waals surface area contributed by atoms with Crippen LogP contribution in [0.15, 0.2) is 35.2 Å². The zero-order valence-corrected chi connectivity index (χ0v) is 10.6. The van der Waals surface area contributed by atoms with Crippen molar-refractivity contribution < 1.29 is 22.3 Å². The Morgan fingerprint density at radius 1 is 1.28 bits per heavy atom. The van der Waals surface area contributed by atoms with Crippen molar-refractivity contribution in [1.82, 2.24) is 0 Å². The molecular formula is C12H14F2O3S. The summed E-state index contributed by atoms with van der Waals surface area (Å²) in [6.07, 6.45) is -0.405. The van der Waals surface area contributed by atoms with Crippen molar-refractivity contribution >= 4 is 9.84 Å². The van der Waals surface area contributed by atoms with Crippen molar-refractivity contribution in [2.75, 3.05) is 0 Å². The first-order chi connectivity index (χ1) is 8.21. The number of aliphatic hydroxyl groups is 1. The van der Waals surface area contributed by atoms with E-state index in [-0.39, 0.29) is 18.8 Å². The van der Waals surface area contributed by atoms with Crippen molar-refractivity contribution in [3.63, 3.8) is 0 Å². The number of sulfone groups is 1. The Balaban J connectivity index is 2.42. The van der Waals surface area contributed by atoms with Crippen LogP contribution in [-0.4, -0.2) is 24.4 Å². The van der Waals surface area contributed by atoms with Crippen LogP contribution < -0.4 is 0 Å². The minimum absolute atomic E-state index is 0.0909. The minimum Gasteiger partial charge on any atom is -0.382 e. The molecule has 0 atom stereocenters. The highest BCUT2D eigenvalue weighted by molar-refractivity contribution is 7.92. The van der Waals surface area contributed by atoms with Crippen molar-refractivity contribution in [2.24, 2.45) is 5.92 Å². The van der Waals surface area contributed by atoms with Crippen LogP contribution >= 0.6 is 0 Å². The highest BCUT2D eigenvalue weighted by atomic mass is 32.2. The molecule has 0 bridgehead atoms. The summed E-state index contributed by atoms with van der Waals surface area (Å²) in [5.41, 5.74) is -2.44. The predicted octanol–water partition coefficient (Wildman–Crippen LogP) is 2.21. The zero-order valence-electron chi connectivity index (χ0n) is 9.81. The molecule has 1 saturated carbocycles. The monoisotopic (exact) mass is 276 g/mol. The van der Waals surface area contributed by atoms with E-state index in [4.69, 9.17) is 0 Å². The molecule has 1 aromatic rings. The maximum atomic E-state index is 14.1. The molecule has 0 saturated heterocycles. The third-order valence-corrected chi connectivity index (χ3v) is 5.25. The predicted molar refractivity (Wildman–Crippen MR) is 61.9 cm³/mol. The standard InChI is InChI=1S/C12H14F2O3S/c1-9-7-11(15,8-9)12(13,14)18(16,17)10-5-3-2-4-6-10/h2-6,9,15H,7-8H2,1H3. The van der Waals surface area contributed by atoms with Crippen LogP contribution in [0, 0.1) is 5.92 Å². The quantitative estimate of drug-likeness (QED) is 0.921. The normalized spacial score (nSPS) is 28.8. The molecule has 1 aromatic carbocycles. The fourth-order valence-corrected chi connectivity index (χ4v) is 3.81. The van der Waals surface area contributed by atoms with Gasteiger partial charge in [-0.1, -0.05) is 25.1 Å². The lowest BCUT2D eigenvalue weighted by molar-refractivity contribution is -0.188. The van der Waals surface area contributed by atoms with Gasteiger partial charge in [-0.25, -0.2) is 8.42 Å². The second-order valence-corrected chi connectivity index (χ2v) is 6.87. The van der Waals surface area contributed by atoms with Crippen molar-refractivity contribution in [1.29, 1.82) is 0 Å². The largest absolute Gasteiger partial charge is 0.382 e. The van der Waals surface area contributed by atoms with Gasteiger partial charge in [0.2, 0.25) is 9.84 Å². The molecule has 1 aliphatic carbocycles. The van der Waals surface area contributed by atoms with E-state index in [9.17, 15) is 22.3 Å². The van der Waals surface area contributed by atoms with E-state index in [0.717, 1.165) is 12.1 Å². The fraction of sp³-hybridized carbons (Fsp3) is 0.500. The number of hydrogen-bond acceptors (Lipinski definition) is 3. The van der Waals surface area contributed by atoms with Gasteiger partial charge in [-0.2, -0.15) is 8.78 Å². The van der Waals surface area contributed by atoms with Crippen molar-refractivity contribution in [3.8, 4) is 0 Å². The maximum absolute atomic E-state index is 14.1. The molecule has 3 nitrogen and oxygen atoms in total. The second-order valence-electron chi connectivity index (χ2n) is 4.88. The van der Waals surface area contributed by atoms with Crippen LogP contribution in [0.25, 0.3) is 0 Å². The van der Waals surface area contributed by atoms with Crippen LogP contribution in [0.5, 0.6) is 0 Å². The molecule has 1 N–H and O–H groups in total. The molecule has 2 rings (SSSR count). The summed E-state index contributed by atoms with van der Waals surface area (Å²) in [7, 11) is -4.86. The van der Waals surface area contributed by atoms with Gasteiger partial charge in [-0.05, 0) is 30.9 Å². The Morgan fingerprint density at radius 2 is 1.78 bits per heavy atom. The Morgan fingerprint density at radius 3 is 2.22 bits per heavy atom. The number of benzene rings is 1. The van der Waals surface area contributed by atoms with Crippen LogP contribution in [0.3, 0.4) is 0 Å². The summed E-state index contributed by atoms with van der Waals surface area (Å²) in [6.45, 7) is 1.69. The van der Waals surface area contributed by atoms with Crippen LogP contribution in [0.1, 0.15) is 19.8 Å². The van der Waals surface area contributed by atoms with Gasteiger partial charge in [0.25, 0.3) is 0 Å². The Labute approximate surface area is 104 Å². The third kappa shape index (κ3) is 1.75. The molecule has 0 radical (unpaired) electrons. The SMILES string of the molecule is CC1CC(O)(C(F)(F)S(=O)(=O)c2ccccc2)C1. The zero-order chi connectivity index (χ0) is 13.6. The number of alkyl halides is 2. The summed E-state index contributed by atoms with van der Waals surface area (Å²) in [6, 6.07) is 6.49. The van der Waals surface area contributed by atoms with Crippen molar-refractivity contribution in [3.05, 3.63) is 30.3 Å². The second kappa shape index (κ2) is 3.99. The number of rotatable bonds is 3. The lowest BCUT2D eigenvalue weighted by Crippen LogP contribution is -2.60. The van der Waals surface area contributed by atoms with E-state index >= 15 is 0 Å². The molecule has 0 heterocycles. The number of hydrogen-bond donors (Lipinski definition) is 1. The van der Waals surface area contributed by atoms with Crippen LogP contribution in [-0.2, 0) is 9.84 Å². The van der Waals surface area contributed by atoms with Gasteiger partial charge in [0, 0.05) is 0 Å². The Hall–Kier alpha value is -1.01. The average Bonchev–Trinajstić information content (AvgIpc) is 2.28. The minimum atomic E-state index is -4.86. The molecular weight excluding hydrogens is 262 g/mol. The van der Waals surface area contributed by atoms with E-state index in [1.165, 1.54) is 18.2 Å². The van der Waals surface area contributed by atoms with Gasteiger partial charge in [0.1, 0.15) is 5.60 Å². The molecule has 6 heteroatoms. The molecule has 1 aliphatic rings. The fourth-order valence-electron chi connectivity index (χ4n) is 2.33.